The van der Waals surface area contributed by atoms with Crippen molar-refractivity contribution in [1.82, 2.24) is 25.5 Å². The Labute approximate surface area is 129 Å². The van der Waals surface area contributed by atoms with E-state index < -0.39 is 0 Å². The van der Waals surface area contributed by atoms with E-state index in [0.717, 1.165) is 30.8 Å². The maximum absolute atomic E-state index is 12.1. The minimum atomic E-state index is 0.107. The van der Waals surface area contributed by atoms with Gasteiger partial charge < -0.3 is 5.32 Å². The Balaban J connectivity index is 1.43. The van der Waals surface area contributed by atoms with Gasteiger partial charge in [0.05, 0.1) is 11.8 Å². The number of tetrazole rings is 1. The fraction of sp³-hybridized carbons (Fsp3) is 0.857. The van der Waals surface area contributed by atoms with Gasteiger partial charge >= 0.3 is 0 Å². The van der Waals surface area contributed by atoms with Crippen LogP contribution < -0.4 is 5.32 Å². The van der Waals surface area contributed by atoms with Gasteiger partial charge in [-0.25, -0.2) is 4.68 Å². The molecule has 7 heteroatoms. The SMILES string of the molecule is O=C(CSc1nnnn1C1CC1)NC1CCCCCCC1. The van der Waals surface area contributed by atoms with E-state index in [4.69, 9.17) is 0 Å². The number of hydrogen-bond donors (Lipinski definition) is 1. The molecule has 0 saturated heterocycles. The van der Waals surface area contributed by atoms with E-state index in [2.05, 4.69) is 20.8 Å². The number of rotatable bonds is 5. The quantitative estimate of drug-likeness (QED) is 0.845. The molecule has 2 fully saturated rings. The lowest BCUT2D eigenvalue weighted by Gasteiger charge is -2.20. The van der Waals surface area contributed by atoms with Crippen LogP contribution in [-0.2, 0) is 4.79 Å². The Morgan fingerprint density at radius 3 is 2.57 bits per heavy atom. The van der Waals surface area contributed by atoms with Crippen molar-refractivity contribution in [3.63, 3.8) is 0 Å². The first-order valence-electron chi connectivity index (χ1n) is 8.03. The van der Waals surface area contributed by atoms with Crippen molar-refractivity contribution in [2.75, 3.05) is 5.75 Å². The second-order valence-electron chi connectivity index (χ2n) is 6.04. The van der Waals surface area contributed by atoms with Crippen molar-refractivity contribution in [3.05, 3.63) is 0 Å². The summed E-state index contributed by atoms with van der Waals surface area (Å²) < 4.78 is 1.85. The predicted molar refractivity (Wildman–Crippen MR) is 81.1 cm³/mol. The molecule has 0 aromatic carbocycles. The van der Waals surface area contributed by atoms with Crippen LogP contribution in [0.2, 0.25) is 0 Å². The topological polar surface area (TPSA) is 72.7 Å². The third-order valence-electron chi connectivity index (χ3n) is 4.16. The number of nitrogens with one attached hydrogen (secondary N) is 1. The molecular formula is C14H23N5OS. The van der Waals surface area contributed by atoms with Gasteiger partial charge in [-0.05, 0) is 36.1 Å². The summed E-state index contributed by atoms with van der Waals surface area (Å²) in [5.74, 6) is 0.514. The van der Waals surface area contributed by atoms with Crippen molar-refractivity contribution in [2.45, 2.75) is 75.0 Å². The largest absolute Gasteiger partial charge is 0.353 e. The van der Waals surface area contributed by atoms with Crippen LogP contribution in [0.4, 0.5) is 0 Å². The van der Waals surface area contributed by atoms with Crippen LogP contribution in [0, 0.1) is 0 Å². The zero-order valence-corrected chi connectivity index (χ0v) is 13.1. The normalized spacial score (nSPS) is 20.8. The molecule has 3 rings (SSSR count). The summed E-state index contributed by atoms with van der Waals surface area (Å²) in [7, 11) is 0. The zero-order chi connectivity index (χ0) is 14.5. The Morgan fingerprint density at radius 1 is 1.14 bits per heavy atom. The number of carbonyl (C=O) groups is 1. The van der Waals surface area contributed by atoms with Crippen molar-refractivity contribution < 1.29 is 4.79 Å². The Bertz CT molecular complexity index is 466. The highest BCUT2D eigenvalue weighted by Crippen LogP contribution is 2.36. The third kappa shape index (κ3) is 4.43. The predicted octanol–water partition coefficient (Wildman–Crippen LogP) is 2.33. The number of aromatic nitrogens is 4. The van der Waals surface area contributed by atoms with Crippen molar-refractivity contribution in [3.8, 4) is 0 Å². The summed E-state index contributed by atoms with van der Waals surface area (Å²) in [5.41, 5.74) is 0. The van der Waals surface area contributed by atoms with Crippen molar-refractivity contribution in [2.24, 2.45) is 0 Å². The first-order valence-corrected chi connectivity index (χ1v) is 9.01. The van der Waals surface area contributed by atoms with Crippen LogP contribution >= 0.6 is 11.8 Å². The fourth-order valence-electron chi connectivity index (χ4n) is 2.83. The van der Waals surface area contributed by atoms with E-state index in [1.54, 1.807) is 0 Å². The summed E-state index contributed by atoms with van der Waals surface area (Å²) in [6, 6.07) is 0.814. The summed E-state index contributed by atoms with van der Waals surface area (Å²) in [6.07, 6.45) is 11.0. The van der Waals surface area contributed by atoms with Crippen LogP contribution in [0.3, 0.4) is 0 Å². The second-order valence-corrected chi connectivity index (χ2v) is 6.98. The van der Waals surface area contributed by atoms with Gasteiger partial charge in [0.1, 0.15) is 0 Å². The number of nitrogens with zero attached hydrogens (tertiary/aromatic N) is 4. The average Bonchev–Trinajstić information content (AvgIpc) is 3.18. The first-order chi connectivity index (χ1) is 10.3. The Kier molecular flexibility index (Phi) is 5.11. The molecule has 116 valence electrons. The average molecular weight is 309 g/mol. The molecule has 0 spiro atoms. The van der Waals surface area contributed by atoms with Gasteiger partial charge in [0.25, 0.3) is 0 Å². The van der Waals surface area contributed by atoms with Crippen molar-refractivity contribution in [1.29, 1.82) is 0 Å². The lowest BCUT2D eigenvalue weighted by atomic mass is 9.97. The van der Waals surface area contributed by atoms with Crippen LogP contribution in [0.15, 0.2) is 5.16 Å². The summed E-state index contributed by atoms with van der Waals surface area (Å²) >= 11 is 1.44. The maximum atomic E-state index is 12.1. The Hall–Kier alpha value is -1.11. The van der Waals surface area contributed by atoms with Gasteiger partial charge in [0.2, 0.25) is 11.1 Å². The number of amides is 1. The van der Waals surface area contributed by atoms with Crippen LogP contribution in [0.25, 0.3) is 0 Å². The van der Waals surface area contributed by atoms with Crippen molar-refractivity contribution >= 4 is 17.7 Å². The molecule has 2 aliphatic rings. The monoisotopic (exact) mass is 309 g/mol. The van der Waals surface area contributed by atoms with Gasteiger partial charge in [-0.2, -0.15) is 0 Å². The van der Waals surface area contributed by atoms with E-state index in [0.29, 0.717) is 17.8 Å². The van der Waals surface area contributed by atoms with Gasteiger partial charge in [-0.3, -0.25) is 4.79 Å². The molecule has 1 aromatic rings. The van der Waals surface area contributed by atoms with Gasteiger partial charge in [-0.15, -0.1) is 5.10 Å². The molecule has 1 amide bonds. The van der Waals surface area contributed by atoms with Crippen LogP contribution in [-0.4, -0.2) is 37.9 Å². The highest BCUT2D eigenvalue weighted by atomic mass is 32.2. The Morgan fingerprint density at radius 2 is 1.86 bits per heavy atom. The molecule has 0 bridgehead atoms. The summed E-state index contributed by atoms with van der Waals surface area (Å²) in [5, 5.41) is 15.7. The molecule has 6 nitrogen and oxygen atoms in total. The molecule has 1 N–H and O–H groups in total. The molecule has 1 aromatic heterocycles. The highest BCUT2D eigenvalue weighted by molar-refractivity contribution is 7.99. The number of carbonyl (C=O) groups excluding carboxylic acids is 1. The van der Waals surface area contributed by atoms with Gasteiger partial charge in [-0.1, -0.05) is 43.9 Å². The molecule has 21 heavy (non-hydrogen) atoms. The van der Waals surface area contributed by atoms with Gasteiger partial charge in [0.15, 0.2) is 0 Å². The number of thioether (sulfide) groups is 1. The number of hydrogen-bond acceptors (Lipinski definition) is 5. The molecule has 2 aliphatic carbocycles. The van der Waals surface area contributed by atoms with E-state index in [-0.39, 0.29) is 5.91 Å². The standard InChI is InChI=1S/C14H23N5OS/c20-13(15-11-6-4-2-1-3-5-7-11)10-21-14-16-17-18-19(14)12-8-9-12/h11-12H,1-10H2,(H,15,20). The minimum absolute atomic E-state index is 0.107. The molecule has 1 heterocycles. The maximum Gasteiger partial charge on any atom is 0.230 e. The lowest BCUT2D eigenvalue weighted by Crippen LogP contribution is -2.36. The van der Waals surface area contributed by atoms with Crippen LogP contribution in [0.5, 0.6) is 0 Å². The van der Waals surface area contributed by atoms with E-state index in [9.17, 15) is 4.79 Å². The van der Waals surface area contributed by atoms with Crippen LogP contribution in [0.1, 0.15) is 63.8 Å². The molecular weight excluding hydrogens is 286 g/mol. The molecule has 0 radical (unpaired) electrons. The van der Waals surface area contributed by atoms with E-state index >= 15 is 0 Å². The molecule has 0 unspecified atom stereocenters. The zero-order valence-electron chi connectivity index (χ0n) is 12.3. The highest BCUT2D eigenvalue weighted by Gasteiger charge is 2.28. The smallest absolute Gasteiger partial charge is 0.230 e. The van der Waals surface area contributed by atoms with Gasteiger partial charge in [0, 0.05) is 6.04 Å². The fourth-order valence-corrected chi connectivity index (χ4v) is 3.58. The summed E-state index contributed by atoms with van der Waals surface area (Å²) in [4.78, 5) is 12.1. The van der Waals surface area contributed by atoms with E-state index in [1.807, 2.05) is 4.68 Å². The molecule has 2 saturated carbocycles. The second kappa shape index (κ2) is 7.24. The lowest BCUT2D eigenvalue weighted by molar-refractivity contribution is -0.119. The minimum Gasteiger partial charge on any atom is -0.353 e. The molecule has 0 atom stereocenters. The first kappa shape index (κ1) is 14.8. The molecule has 0 aliphatic heterocycles. The summed E-state index contributed by atoms with van der Waals surface area (Å²) in [6.45, 7) is 0. The third-order valence-corrected chi connectivity index (χ3v) is 5.09. The van der Waals surface area contributed by atoms with E-state index in [1.165, 1.54) is 43.9 Å².